The minimum atomic E-state index is -0.290. The van der Waals surface area contributed by atoms with Gasteiger partial charge >= 0.3 is 0 Å². The van der Waals surface area contributed by atoms with Crippen LogP contribution in [0.1, 0.15) is 6.92 Å². The number of carbonyl (C=O) groups excluding carboxylic acids is 1. The molecule has 130 valence electrons. The zero-order valence-electron chi connectivity index (χ0n) is 13.7. The van der Waals surface area contributed by atoms with Crippen molar-refractivity contribution in [3.8, 4) is 5.75 Å². The van der Waals surface area contributed by atoms with Crippen molar-refractivity contribution in [2.24, 2.45) is 0 Å². The Hall–Kier alpha value is -1.82. The third-order valence-corrected chi connectivity index (χ3v) is 4.01. The molecule has 3 rings (SSSR count). The van der Waals surface area contributed by atoms with Gasteiger partial charge in [-0.25, -0.2) is 0 Å². The zero-order valence-corrected chi connectivity index (χ0v) is 14.5. The van der Waals surface area contributed by atoms with Gasteiger partial charge in [-0.3, -0.25) is 4.79 Å². The van der Waals surface area contributed by atoms with Crippen molar-refractivity contribution in [1.82, 2.24) is 10.6 Å². The van der Waals surface area contributed by atoms with Crippen LogP contribution in [0.2, 0.25) is 0 Å². The number of carbonyl (C=O) groups is 1. The van der Waals surface area contributed by atoms with Gasteiger partial charge in [0.1, 0.15) is 18.4 Å². The van der Waals surface area contributed by atoms with Crippen LogP contribution in [0.4, 0.5) is 0 Å². The van der Waals surface area contributed by atoms with Crippen LogP contribution in [0.25, 0.3) is 10.8 Å². The highest BCUT2D eigenvalue weighted by Crippen LogP contribution is 2.24. The maximum atomic E-state index is 12.1. The van der Waals surface area contributed by atoms with Gasteiger partial charge in [-0.2, -0.15) is 0 Å². The van der Waals surface area contributed by atoms with Crippen molar-refractivity contribution in [2.75, 3.05) is 26.3 Å². The summed E-state index contributed by atoms with van der Waals surface area (Å²) in [5.74, 6) is 0.795. The molecule has 2 aromatic rings. The molecule has 1 heterocycles. The second-order valence-electron chi connectivity index (χ2n) is 5.62. The summed E-state index contributed by atoms with van der Waals surface area (Å²) in [6.07, 6.45) is -0.109. The van der Waals surface area contributed by atoms with Gasteiger partial charge in [0.2, 0.25) is 5.91 Å². The molecule has 2 atom stereocenters. The number of amides is 1. The Bertz CT molecular complexity index is 675. The van der Waals surface area contributed by atoms with E-state index in [0.29, 0.717) is 26.3 Å². The van der Waals surface area contributed by atoms with Crippen molar-refractivity contribution >= 4 is 29.1 Å². The fourth-order valence-electron chi connectivity index (χ4n) is 2.79. The van der Waals surface area contributed by atoms with Crippen LogP contribution >= 0.6 is 12.4 Å². The molecule has 1 saturated heterocycles. The quantitative estimate of drug-likeness (QED) is 0.811. The first-order chi connectivity index (χ1) is 11.3. The normalized spacial score (nSPS) is 20.2. The van der Waals surface area contributed by atoms with Gasteiger partial charge in [0.15, 0.2) is 0 Å². The Morgan fingerprint density at radius 1 is 1.29 bits per heavy atom. The highest BCUT2D eigenvalue weighted by Gasteiger charge is 2.27. The number of hydrogen-bond donors (Lipinski definition) is 2. The lowest BCUT2D eigenvalue weighted by atomic mass is 10.1. The maximum absolute atomic E-state index is 12.1. The topological polar surface area (TPSA) is 59.6 Å². The Morgan fingerprint density at radius 3 is 2.92 bits per heavy atom. The minimum Gasteiger partial charge on any atom is -0.491 e. The van der Waals surface area contributed by atoms with Crippen molar-refractivity contribution in [3.05, 3.63) is 42.5 Å². The van der Waals surface area contributed by atoms with Gasteiger partial charge in [0.25, 0.3) is 0 Å². The highest BCUT2D eigenvalue weighted by atomic mass is 35.5. The monoisotopic (exact) mass is 350 g/mol. The van der Waals surface area contributed by atoms with Crippen molar-refractivity contribution < 1.29 is 14.3 Å². The Kier molecular flexibility index (Phi) is 6.85. The Balaban J connectivity index is 0.00000208. The summed E-state index contributed by atoms with van der Waals surface area (Å²) < 4.78 is 11.3. The molecule has 24 heavy (non-hydrogen) atoms. The molecule has 1 amide bonds. The molecule has 5 nitrogen and oxygen atoms in total. The van der Waals surface area contributed by atoms with E-state index in [-0.39, 0.29) is 30.5 Å². The third kappa shape index (κ3) is 4.38. The first kappa shape index (κ1) is 18.5. The van der Waals surface area contributed by atoms with Gasteiger partial charge in [0.05, 0.1) is 19.3 Å². The van der Waals surface area contributed by atoms with Crippen molar-refractivity contribution in [1.29, 1.82) is 0 Å². The van der Waals surface area contributed by atoms with E-state index < -0.39 is 0 Å². The Morgan fingerprint density at radius 2 is 2.08 bits per heavy atom. The van der Waals surface area contributed by atoms with E-state index in [0.717, 1.165) is 16.5 Å². The summed E-state index contributed by atoms with van der Waals surface area (Å²) >= 11 is 0. The highest BCUT2D eigenvalue weighted by molar-refractivity contribution is 5.88. The molecule has 0 bridgehead atoms. The summed E-state index contributed by atoms with van der Waals surface area (Å²) in [5.41, 5.74) is 0. The number of fused-ring (bicyclic) bond motifs is 1. The third-order valence-electron chi connectivity index (χ3n) is 4.01. The molecular formula is C18H23ClN2O3. The van der Waals surface area contributed by atoms with E-state index >= 15 is 0 Å². The average Bonchev–Trinajstić information content (AvgIpc) is 2.59. The first-order valence-electron chi connectivity index (χ1n) is 7.99. The number of rotatable bonds is 5. The lowest BCUT2D eigenvalue weighted by Gasteiger charge is -2.29. The average molecular weight is 351 g/mol. The fourth-order valence-corrected chi connectivity index (χ4v) is 2.79. The van der Waals surface area contributed by atoms with Crippen LogP contribution in [0.5, 0.6) is 5.75 Å². The van der Waals surface area contributed by atoms with E-state index in [1.54, 1.807) is 0 Å². The molecule has 0 spiro atoms. The first-order valence-corrected chi connectivity index (χ1v) is 7.99. The number of halogens is 1. The Labute approximate surface area is 148 Å². The number of benzene rings is 2. The predicted molar refractivity (Wildman–Crippen MR) is 96.9 cm³/mol. The van der Waals surface area contributed by atoms with E-state index in [1.165, 1.54) is 0 Å². The summed E-state index contributed by atoms with van der Waals surface area (Å²) in [6.45, 7) is 4.15. The maximum Gasteiger partial charge on any atom is 0.239 e. The molecule has 0 aliphatic carbocycles. The molecule has 1 aliphatic heterocycles. The van der Waals surface area contributed by atoms with Gasteiger partial charge in [0, 0.05) is 11.9 Å². The van der Waals surface area contributed by atoms with Gasteiger partial charge < -0.3 is 20.1 Å². The van der Waals surface area contributed by atoms with E-state index in [2.05, 4.69) is 22.8 Å². The molecule has 0 aromatic heterocycles. The molecular weight excluding hydrogens is 328 g/mol. The van der Waals surface area contributed by atoms with E-state index in [9.17, 15) is 4.79 Å². The van der Waals surface area contributed by atoms with Crippen molar-refractivity contribution in [3.63, 3.8) is 0 Å². The van der Waals surface area contributed by atoms with Crippen LogP contribution in [0.3, 0.4) is 0 Å². The molecule has 1 fully saturated rings. The van der Waals surface area contributed by atoms with E-state index in [1.807, 2.05) is 37.3 Å². The second kappa shape index (κ2) is 8.87. The van der Waals surface area contributed by atoms with E-state index in [4.69, 9.17) is 9.47 Å². The molecule has 2 N–H and O–H groups in total. The SMILES string of the molecule is C[C@H]1OCCN[C@@H]1C(=O)NCCOc1cccc2ccccc12.Cl. The fraction of sp³-hybridized carbons (Fsp3) is 0.389. The molecule has 0 radical (unpaired) electrons. The standard InChI is InChI=1S/C18H22N2O3.ClH/c1-13-17(19-9-11-22-13)18(21)20-10-12-23-16-8-4-6-14-5-2-3-7-15(14)16;/h2-8,13,17,19H,9-12H2,1H3,(H,20,21);1H/t13-,17+;/m1./s1. The number of hydrogen-bond acceptors (Lipinski definition) is 4. The smallest absolute Gasteiger partial charge is 0.239 e. The van der Waals surface area contributed by atoms with Crippen LogP contribution in [-0.4, -0.2) is 44.4 Å². The van der Waals surface area contributed by atoms with Crippen molar-refractivity contribution in [2.45, 2.75) is 19.1 Å². The molecule has 2 aromatic carbocycles. The molecule has 0 unspecified atom stereocenters. The molecule has 0 saturated carbocycles. The molecule has 1 aliphatic rings. The van der Waals surface area contributed by atoms with Gasteiger partial charge in [-0.15, -0.1) is 12.4 Å². The predicted octanol–water partition coefficient (Wildman–Crippen LogP) is 2.13. The lowest BCUT2D eigenvalue weighted by Crippen LogP contribution is -2.55. The van der Waals surface area contributed by atoms with Crippen LogP contribution in [0.15, 0.2) is 42.5 Å². The largest absolute Gasteiger partial charge is 0.491 e. The van der Waals surface area contributed by atoms with Gasteiger partial charge in [-0.05, 0) is 18.4 Å². The number of ether oxygens (including phenoxy) is 2. The van der Waals surface area contributed by atoms with Crippen LogP contribution < -0.4 is 15.4 Å². The second-order valence-corrected chi connectivity index (χ2v) is 5.62. The van der Waals surface area contributed by atoms with Crippen LogP contribution in [-0.2, 0) is 9.53 Å². The minimum absolute atomic E-state index is 0. The van der Waals surface area contributed by atoms with Gasteiger partial charge in [-0.1, -0.05) is 36.4 Å². The van der Waals surface area contributed by atoms with Crippen LogP contribution in [0, 0.1) is 0 Å². The summed E-state index contributed by atoms with van der Waals surface area (Å²) in [4.78, 5) is 12.1. The zero-order chi connectivity index (χ0) is 16.1. The molecule has 6 heteroatoms. The number of nitrogens with one attached hydrogen (secondary N) is 2. The summed E-state index contributed by atoms with van der Waals surface area (Å²) in [5, 5.41) is 8.29. The number of morpholine rings is 1. The summed E-state index contributed by atoms with van der Waals surface area (Å²) in [6, 6.07) is 13.8. The lowest BCUT2D eigenvalue weighted by molar-refractivity contribution is -0.129. The summed E-state index contributed by atoms with van der Waals surface area (Å²) in [7, 11) is 0.